The topological polar surface area (TPSA) is 226 Å². The van der Waals surface area contributed by atoms with Gasteiger partial charge in [-0.25, -0.2) is 8.42 Å². The van der Waals surface area contributed by atoms with Gasteiger partial charge in [-0.05, 0) is 37.9 Å². The molecule has 7 N–H and O–H groups in total. The van der Waals surface area contributed by atoms with E-state index in [4.69, 9.17) is 27.0 Å². The van der Waals surface area contributed by atoms with E-state index in [2.05, 4.69) is 25.2 Å². The van der Waals surface area contributed by atoms with E-state index in [0.717, 1.165) is 32.1 Å². The number of amides is 1. The van der Waals surface area contributed by atoms with Crippen molar-refractivity contribution in [3.8, 4) is 0 Å². The summed E-state index contributed by atoms with van der Waals surface area (Å²) in [7, 11) is -4.92. The Morgan fingerprint density at radius 2 is 1.29 bits per heavy atom. The van der Waals surface area contributed by atoms with Crippen LogP contribution in [0.25, 0.3) is 0 Å². The Labute approximate surface area is 336 Å². The number of unbranched alkanes of at least 4 members (excludes halogenated alkanes) is 17. The molecule has 0 radical (unpaired) electrons. The first-order chi connectivity index (χ1) is 24.3. The molecule has 15 heteroatoms. The molecule has 0 aromatic carbocycles. The number of carbonyl (C=O) groups excluding carboxylic acids is 1. The molecule has 1 aliphatic heterocycles. The number of hydrogen-bond acceptors (Lipinski definition) is 11. The van der Waals surface area contributed by atoms with Crippen LogP contribution < -0.4 is 34.9 Å². The van der Waals surface area contributed by atoms with Crippen molar-refractivity contribution in [3.05, 3.63) is 18.6 Å². The number of ether oxygens (including phenoxy) is 2. The third-order valence-electron chi connectivity index (χ3n) is 8.92. The first-order valence-corrected chi connectivity index (χ1v) is 20.8. The number of rotatable bonds is 30. The Morgan fingerprint density at radius 1 is 0.827 bits per heavy atom. The normalized spacial score (nSPS) is 20.8. The molecular weight excluding hydrogens is 705 g/mol. The summed E-state index contributed by atoms with van der Waals surface area (Å²) in [6.07, 6.45) is 22.6. The van der Waals surface area contributed by atoms with Gasteiger partial charge in [0, 0.05) is 6.42 Å². The summed E-state index contributed by atoms with van der Waals surface area (Å²) in [6.45, 7) is 3.77. The van der Waals surface area contributed by atoms with E-state index in [9.17, 15) is 30.3 Å². The fraction of sp³-hybridized carbons (Fsp3) is 0.892. The number of nitrogens with one attached hydrogen (secondary N) is 1. The van der Waals surface area contributed by atoms with Gasteiger partial charge in [0.2, 0.25) is 16.3 Å². The van der Waals surface area contributed by atoms with Gasteiger partial charge in [0.25, 0.3) is 0 Å². The molecule has 1 fully saturated rings. The average Bonchev–Trinajstić information content (AvgIpc) is 3.07. The third kappa shape index (κ3) is 32.1. The number of aliphatic hydroxyl groups excluding tert-OH is 5. The Kier molecular flexibility index (Phi) is 36.5. The van der Waals surface area contributed by atoms with Gasteiger partial charge in [-0.3, -0.25) is 15.8 Å². The number of hydrogen-bond donors (Lipinski definition) is 7. The molecule has 0 aromatic heterocycles. The van der Waals surface area contributed by atoms with E-state index in [1.165, 1.54) is 96.3 Å². The molecule has 1 saturated heterocycles. The quantitative estimate of drug-likeness (QED) is 0.0139. The van der Waals surface area contributed by atoms with Gasteiger partial charge < -0.3 is 44.9 Å². The summed E-state index contributed by atoms with van der Waals surface area (Å²) < 4.78 is 44.0. The van der Waals surface area contributed by atoms with Gasteiger partial charge >= 0.3 is 29.6 Å². The fourth-order valence-corrected chi connectivity index (χ4v) is 5.87. The second-order valence-electron chi connectivity index (χ2n) is 13.6. The Balaban J connectivity index is 0. The molecule has 13 nitrogen and oxygen atoms in total. The van der Waals surface area contributed by atoms with Crippen LogP contribution in [0.1, 0.15) is 155 Å². The smallest absolute Gasteiger partial charge is 0.726 e. The molecule has 52 heavy (non-hydrogen) atoms. The van der Waals surface area contributed by atoms with E-state index in [-0.39, 0.29) is 48.5 Å². The summed E-state index contributed by atoms with van der Waals surface area (Å²) in [5, 5.41) is 54.3. The predicted molar refractivity (Wildman–Crippen MR) is 196 cm³/mol. The molecule has 1 aliphatic rings. The van der Waals surface area contributed by atoms with Crippen LogP contribution in [0.4, 0.5) is 0 Å². The molecule has 1 rings (SSSR count). The van der Waals surface area contributed by atoms with Crippen LogP contribution in [0, 0.1) is 6.42 Å². The van der Waals surface area contributed by atoms with Gasteiger partial charge in [0.05, 0.1) is 31.5 Å². The number of aliphatic hydroxyl groups is 5. The summed E-state index contributed by atoms with van der Waals surface area (Å²) in [4.78, 5) is 12.8. The van der Waals surface area contributed by atoms with E-state index in [1.54, 1.807) is 0 Å². The van der Waals surface area contributed by atoms with Gasteiger partial charge in [-0.2, -0.15) is 0 Å². The molecule has 1 heterocycles. The zero-order valence-electron chi connectivity index (χ0n) is 32.3. The van der Waals surface area contributed by atoms with Crippen molar-refractivity contribution in [1.29, 1.82) is 0 Å². The summed E-state index contributed by atoms with van der Waals surface area (Å²) in [6, 6.07) is -0.929. The predicted octanol–water partition coefficient (Wildman–Crippen LogP) is 2.04. The van der Waals surface area contributed by atoms with Crippen molar-refractivity contribution in [1.82, 2.24) is 5.32 Å². The minimum atomic E-state index is -4.92. The number of allylic oxidation sites excluding steroid dienone is 2. The van der Waals surface area contributed by atoms with E-state index in [1.807, 2.05) is 6.08 Å². The molecule has 4 unspecified atom stereocenters. The van der Waals surface area contributed by atoms with Crippen molar-refractivity contribution in [2.75, 3.05) is 13.2 Å². The van der Waals surface area contributed by atoms with Crippen LogP contribution in [0.2, 0.25) is 0 Å². The van der Waals surface area contributed by atoms with Gasteiger partial charge in [0.15, 0.2) is 6.29 Å². The summed E-state index contributed by atoms with van der Waals surface area (Å²) in [5.74, 6) is -0.269. The SMILES string of the molecule is CCCCCCCC/C=C\CCC(=O)N[C@@H](COC1OC(CO)C(O)[CH-]C1O)[C@H](O)[C@H](O)CCCCCCCCCCCCCC.O=S(=O)([O-])O.[Na+]. The molecule has 0 aromatic rings. The maximum atomic E-state index is 12.8. The van der Waals surface area contributed by atoms with E-state index < -0.39 is 59.9 Å². The van der Waals surface area contributed by atoms with Gasteiger partial charge in [-0.15, -0.1) is 0 Å². The zero-order valence-corrected chi connectivity index (χ0v) is 35.1. The third-order valence-corrected chi connectivity index (χ3v) is 8.92. The monoisotopic (exact) mass is 776 g/mol. The second kappa shape index (κ2) is 35.2. The molecule has 304 valence electrons. The zero-order chi connectivity index (χ0) is 38.3. The van der Waals surface area contributed by atoms with Crippen molar-refractivity contribution in [3.63, 3.8) is 0 Å². The average molecular weight is 777 g/mol. The van der Waals surface area contributed by atoms with Crippen molar-refractivity contribution in [2.24, 2.45) is 0 Å². The van der Waals surface area contributed by atoms with Crippen molar-refractivity contribution >= 4 is 16.3 Å². The molecular formula is C37H71NNaO12S-. The fourth-order valence-electron chi connectivity index (χ4n) is 5.87. The van der Waals surface area contributed by atoms with Crippen LogP contribution in [0.3, 0.4) is 0 Å². The minimum Gasteiger partial charge on any atom is -0.726 e. The molecule has 0 aliphatic carbocycles. The Hall–Kier alpha value is -0.200. The Bertz CT molecular complexity index is 953. The Morgan fingerprint density at radius 3 is 1.79 bits per heavy atom. The molecule has 7 atom stereocenters. The first-order valence-electron chi connectivity index (χ1n) is 19.4. The standard InChI is InChI=1S/C37H70NO8.Na.H2O4S/c1-3-5-7-9-11-13-15-16-17-19-21-23-25-31(40)36(44)30(29-45-37-33(42)27-32(41)34(28-39)46-37)38-35(43)26-24-22-20-18-14-12-10-8-6-4-2;;1-5(2,3)4/h20,22,27,30-34,36-37,39-42,44H,3-19,21,23-26,28-29H2,1-2H3,(H,38,43);;(H2,1,2,3,4)/q-1;+1;/p-1/b22-20-;;/t30-,31+,32?,33?,34?,36-,37?;;/m0../s1. The molecule has 0 spiro atoms. The van der Waals surface area contributed by atoms with Crippen LogP contribution in [-0.2, 0) is 24.7 Å². The van der Waals surface area contributed by atoms with Gasteiger partial charge in [0.1, 0.15) is 6.10 Å². The second-order valence-corrected chi connectivity index (χ2v) is 14.5. The summed E-state index contributed by atoms with van der Waals surface area (Å²) in [5.41, 5.74) is 0. The van der Waals surface area contributed by atoms with Gasteiger partial charge in [-0.1, -0.05) is 135 Å². The van der Waals surface area contributed by atoms with Crippen LogP contribution >= 0.6 is 0 Å². The van der Waals surface area contributed by atoms with E-state index in [0.29, 0.717) is 12.8 Å². The minimum absolute atomic E-state index is 0. The molecule has 0 bridgehead atoms. The first kappa shape index (κ1) is 53.9. The van der Waals surface area contributed by atoms with Crippen molar-refractivity contribution < 1.29 is 86.9 Å². The van der Waals surface area contributed by atoms with Crippen LogP contribution in [0.15, 0.2) is 12.2 Å². The van der Waals surface area contributed by atoms with Crippen molar-refractivity contribution in [2.45, 2.75) is 198 Å². The number of carbonyl (C=O) groups is 1. The van der Waals surface area contributed by atoms with Crippen LogP contribution in [0.5, 0.6) is 0 Å². The van der Waals surface area contributed by atoms with Crippen LogP contribution in [-0.4, -0.2) is 105 Å². The summed E-state index contributed by atoms with van der Waals surface area (Å²) >= 11 is 0. The molecule has 0 saturated carbocycles. The maximum Gasteiger partial charge on any atom is 1.00 e. The molecule has 1 amide bonds. The van der Waals surface area contributed by atoms with E-state index >= 15 is 0 Å². The maximum absolute atomic E-state index is 12.8. The largest absolute Gasteiger partial charge is 1.00 e.